The van der Waals surface area contributed by atoms with Crippen molar-refractivity contribution in [1.29, 1.82) is 0 Å². The van der Waals surface area contributed by atoms with E-state index < -0.39 is 0 Å². The fraction of sp³-hybridized carbons (Fsp3) is 0. The van der Waals surface area contributed by atoms with Gasteiger partial charge in [0, 0.05) is 5.02 Å². The highest BCUT2D eigenvalue weighted by atomic mass is 35.5. The van der Waals surface area contributed by atoms with Crippen LogP contribution in [0.1, 0.15) is 0 Å². The Kier molecular flexibility index (Phi) is 2.27. The van der Waals surface area contributed by atoms with Crippen molar-refractivity contribution < 1.29 is 0 Å². The molecule has 0 amide bonds. The highest BCUT2D eigenvalue weighted by Gasteiger charge is 2.21. The Hall–Kier alpha value is -2.05. The highest BCUT2D eigenvalue weighted by Crippen LogP contribution is 2.48. The molecule has 0 heterocycles. The fourth-order valence-corrected chi connectivity index (χ4v) is 2.93. The van der Waals surface area contributed by atoms with Crippen molar-refractivity contribution in [2.75, 3.05) is 0 Å². The lowest BCUT2D eigenvalue weighted by Crippen LogP contribution is -1.98. The maximum Gasteiger partial charge on any atom is 0.0412 e. The largest absolute Gasteiger partial charge is 0.0843 e. The van der Waals surface area contributed by atoms with Crippen molar-refractivity contribution in [2.45, 2.75) is 0 Å². The van der Waals surface area contributed by atoms with Crippen LogP contribution in [0.3, 0.4) is 0 Å². The molecule has 0 nitrogen and oxygen atoms in total. The molecule has 0 bridgehead atoms. The molecule has 0 aliphatic heterocycles. The Morgan fingerprint density at radius 2 is 1.21 bits per heavy atom. The molecule has 0 radical (unpaired) electrons. The van der Waals surface area contributed by atoms with E-state index in [1.807, 2.05) is 18.2 Å². The molecule has 0 spiro atoms. The third-order valence-electron chi connectivity index (χ3n) is 3.68. The zero-order valence-corrected chi connectivity index (χ0v) is 11.0. The number of hydrogen-bond donors (Lipinski definition) is 0. The summed E-state index contributed by atoms with van der Waals surface area (Å²) < 4.78 is 0. The van der Waals surface area contributed by atoms with Crippen LogP contribution >= 0.6 is 11.6 Å². The van der Waals surface area contributed by atoms with E-state index in [1.54, 1.807) is 0 Å². The summed E-state index contributed by atoms with van der Waals surface area (Å²) in [5, 5.41) is 0.778. The summed E-state index contributed by atoms with van der Waals surface area (Å²) in [4.78, 5) is 0. The highest BCUT2D eigenvalue weighted by molar-refractivity contribution is 6.30. The van der Waals surface area contributed by atoms with Gasteiger partial charge in [-0.15, -0.1) is 0 Å². The number of benzene rings is 3. The zero-order valence-electron chi connectivity index (χ0n) is 10.2. The van der Waals surface area contributed by atoms with Crippen LogP contribution in [0.2, 0.25) is 5.02 Å². The SMILES string of the molecule is Clc1cccc(-c2ccc3c(c2)-c2ccccc2-3)c1. The van der Waals surface area contributed by atoms with E-state index in [9.17, 15) is 0 Å². The number of halogens is 1. The molecule has 90 valence electrons. The molecule has 1 aliphatic carbocycles. The van der Waals surface area contributed by atoms with Crippen LogP contribution in [0.5, 0.6) is 0 Å². The minimum absolute atomic E-state index is 0.778. The van der Waals surface area contributed by atoms with E-state index >= 15 is 0 Å². The summed E-state index contributed by atoms with van der Waals surface area (Å²) in [7, 11) is 0. The first-order valence-electron chi connectivity index (χ1n) is 6.33. The maximum absolute atomic E-state index is 6.06. The standard InChI is InChI=1S/C18H11Cl/c19-14-5-3-4-12(10-14)13-8-9-17-15-6-1-2-7-16(15)18(17)11-13/h1-11H. The number of fused-ring (bicyclic) bond motifs is 4. The van der Waals surface area contributed by atoms with Crippen molar-refractivity contribution in [1.82, 2.24) is 0 Å². The minimum Gasteiger partial charge on any atom is -0.0843 e. The molecular formula is C18H11Cl. The first-order chi connectivity index (χ1) is 9.33. The van der Waals surface area contributed by atoms with E-state index in [1.165, 1.54) is 33.4 Å². The summed E-state index contributed by atoms with van der Waals surface area (Å²) in [6.45, 7) is 0. The van der Waals surface area contributed by atoms with Crippen molar-refractivity contribution in [3.63, 3.8) is 0 Å². The van der Waals surface area contributed by atoms with Gasteiger partial charge in [-0.3, -0.25) is 0 Å². The minimum atomic E-state index is 0.778. The molecule has 3 aromatic rings. The Morgan fingerprint density at radius 1 is 0.526 bits per heavy atom. The van der Waals surface area contributed by atoms with E-state index in [-0.39, 0.29) is 0 Å². The fourth-order valence-electron chi connectivity index (χ4n) is 2.74. The Balaban J connectivity index is 1.85. The number of rotatable bonds is 1. The predicted octanol–water partition coefficient (Wildman–Crippen LogP) is 5.65. The second-order valence-corrected chi connectivity index (χ2v) is 5.25. The second kappa shape index (κ2) is 3.97. The van der Waals surface area contributed by atoms with Crippen LogP contribution < -0.4 is 0 Å². The van der Waals surface area contributed by atoms with Crippen molar-refractivity contribution in [2.24, 2.45) is 0 Å². The molecule has 19 heavy (non-hydrogen) atoms. The van der Waals surface area contributed by atoms with Gasteiger partial charge in [0.05, 0.1) is 0 Å². The van der Waals surface area contributed by atoms with Crippen LogP contribution in [0.4, 0.5) is 0 Å². The van der Waals surface area contributed by atoms with E-state index in [0.717, 1.165) is 5.02 Å². The van der Waals surface area contributed by atoms with Gasteiger partial charge in [-0.25, -0.2) is 0 Å². The summed E-state index contributed by atoms with van der Waals surface area (Å²) in [5.41, 5.74) is 7.78. The maximum atomic E-state index is 6.06. The molecule has 0 atom stereocenters. The van der Waals surface area contributed by atoms with Crippen molar-refractivity contribution in [3.05, 3.63) is 71.8 Å². The molecule has 0 saturated heterocycles. The first kappa shape index (κ1) is 10.8. The van der Waals surface area contributed by atoms with Crippen molar-refractivity contribution in [3.8, 4) is 33.4 Å². The quantitative estimate of drug-likeness (QED) is 0.415. The molecule has 1 heteroatoms. The van der Waals surface area contributed by atoms with Gasteiger partial charge in [-0.1, -0.05) is 60.1 Å². The van der Waals surface area contributed by atoms with E-state index in [2.05, 4.69) is 48.5 Å². The average molecular weight is 263 g/mol. The van der Waals surface area contributed by atoms with Gasteiger partial charge in [0.1, 0.15) is 0 Å². The molecule has 0 aromatic heterocycles. The van der Waals surface area contributed by atoms with Crippen LogP contribution in [-0.2, 0) is 0 Å². The Labute approximate surface area is 117 Å². The third kappa shape index (κ3) is 1.61. The van der Waals surface area contributed by atoms with Gasteiger partial charge in [-0.2, -0.15) is 0 Å². The molecule has 0 fully saturated rings. The smallest absolute Gasteiger partial charge is 0.0412 e. The van der Waals surface area contributed by atoms with E-state index in [4.69, 9.17) is 11.6 Å². The van der Waals surface area contributed by atoms with Crippen LogP contribution in [-0.4, -0.2) is 0 Å². The van der Waals surface area contributed by atoms with Crippen molar-refractivity contribution >= 4 is 11.6 Å². The van der Waals surface area contributed by atoms with Gasteiger partial charge < -0.3 is 0 Å². The zero-order chi connectivity index (χ0) is 12.8. The van der Waals surface area contributed by atoms with Crippen LogP contribution in [0.25, 0.3) is 33.4 Å². The van der Waals surface area contributed by atoms with Gasteiger partial charge >= 0.3 is 0 Å². The molecule has 3 aromatic carbocycles. The summed E-state index contributed by atoms with van der Waals surface area (Å²) >= 11 is 6.06. The molecule has 0 unspecified atom stereocenters. The average Bonchev–Trinajstić information content (AvgIpc) is 2.44. The molecule has 4 rings (SSSR count). The summed E-state index contributed by atoms with van der Waals surface area (Å²) in [6, 6.07) is 23.2. The number of hydrogen-bond acceptors (Lipinski definition) is 0. The van der Waals surface area contributed by atoms with E-state index in [0.29, 0.717) is 0 Å². The second-order valence-electron chi connectivity index (χ2n) is 4.82. The summed E-state index contributed by atoms with van der Waals surface area (Å²) in [6.07, 6.45) is 0. The molecule has 0 saturated carbocycles. The van der Waals surface area contributed by atoms with Gasteiger partial charge in [0.15, 0.2) is 0 Å². The monoisotopic (exact) mass is 262 g/mol. The molecule has 1 aliphatic rings. The Bertz CT molecular complexity index is 787. The lowest BCUT2D eigenvalue weighted by molar-refractivity contribution is 1.51. The molecular weight excluding hydrogens is 252 g/mol. The summed E-state index contributed by atoms with van der Waals surface area (Å²) in [5.74, 6) is 0. The molecule has 0 N–H and O–H groups in total. The lowest BCUT2D eigenvalue weighted by atomic mass is 9.79. The third-order valence-corrected chi connectivity index (χ3v) is 3.92. The Morgan fingerprint density at radius 3 is 2.00 bits per heavy atom. The topological polar surface area (TPSA) is 0 Å². The van der Waals surface area contributed by atoms with Gasteiger partial charge in [0.25, 0.3) is 0 Å². The first-order valence-corrected chi connectivity index (χ1v) is 6.70. The van der Waals surface area contributed by atoms with Gasteiger partial charge in [-0.05, 0) is 51.6 Å². The predicted molar refractivity (Wildman–Crippen MR) is 81.3 cm³/mol. The van der Waals surface area contributed by atoms with Crippen LogP contribution in [0, 0.1) is 0 Å². The van der Waals surface area contributed by atoms with Gasteiger partial charge in [0.2, 0.25) is 0 Å². The normalized spacial score (nSPS) is 11.4. The van der Waals surface area contributed by atoms with Crippen LogP contribution in [0.15, 0.2) is 66.7 Å². The lowest BCUT2D eigenvalue weighted by Gasteiger charge is -2.24.